The Labute approximate surface area is 166 Å². The first kappa shape index (κ1) is 17.6. The monoisotopic (exact) mass is 391 g/mol. The normalized spacial score (nSPS) is 14.3. The van der Waals surface area contributed by atoms with Crippen molar-refractivity contribution < 1.29 is 4.42 Å². The number of aromatic amines is 1. The van der Waals surface area contributed by atoms with Crippen LogP contribution in [0, 0.1) is 6.92 Å². The summed E-state index contributed by atoms with van der Waals surface area (Å²) in [4.78, 5) is 28.6. The second-order valence-corrected chi connectivity index (χ2v) is 7.22. The van der Waals surface area contributed by atoms with Gasteiger partial charge in [-0.2, -0.15) is 0 Å². The van der Waals surface area contributed by atoms with Crippen LogP contribution in [0.1, 0.15) is 22.6 Å². The van der Waals surface area contributed by atoms with Crippen LogP contribution in [-0.4, -0.2) is 43.1 Å². The molecule has 0 bridgehead atoms. The molecule has 9 nitrogen and oxygen atoms in total. The van der Waals surface area contributed by atoms with E-state index in [1.807, 2.05) is 31.5 Å². The van der Waals surface area contributed by atoms with Gasteiger partial charge in [-0.15, -0.1) is 0 Å². The average molecular weight is 391 g/mol. The Kier molecular flexibility index (Phi) is 4.17. The number of anilines is 1. The maximum Gasteiger partial charge on any atom is 0.277 e. The Morgan fingerprint density at radius 3 is 2.86 bits per heavy atom. The van der Waals surface area contributed by atoms with Gasteiger partial charge in [-0.3, -0.25) is 14.8 Å². The van der Waals surface area contributed by atoms with Crippen LogP contribution in [0.15, 0.2) is 40.0 Å². The Hall–Kier alpha value is -3.46. The SMILES string of the molecule is CNc1ncc(CN2CCc3nc4cc(-c5ccoc5C)[nH]n4c(=O)c3C2)cn1. The number of nitrogens with zero attached hydrogens (tertiary/aromatic N) is 5. The van der Waals surface area contributed by atoms with E-state index in [1.165, 1.54) is 4.52 Å². The van der Waals surface area contributed by atoms with Crippen LogP contribution in [-0.2, 0) is 19.5 Å². The highest BCUT2D eigenvalue weighted by Gasteiger charge is 2.23. The third-order valence-electron chi connectivity index (χ3n) is 5.32. The smallest absolute Gasteiger partial charge is 0.277 e. The van der Waals surface area contributed by atoms with E-state index in [4.69, 9.17) is 9.40 Å². The predicted molar refractivity (Wildman–Crippen MR) is 108 cm³/mol. The van der Waals surface area contributed by atoms with Gasteiger partial charge in [-0.25, -0.2) is 19.5 Å². The molecule has 29 heavy (non-hydrogen) atoms. The summed E-state index contributed by atoms with van der Waals surface area (Å²) in [6.07, 6.45) is 6.00. The summed E-state index contributed by atoms with van der Waals surface area (Å²) in [7, 11) is 1.79. The van der Waals surface area contributed by atoms with Crippen molar-refractivity contribution in [2.45, 2.75) is 26.4 Å². The molecule has 2 N–H and O–H groups in total. The molecule has 0 aromatic carbocycles. The van der Waals surface area contributed by atoms with Crippen LogP contribution >= 0.6 is 0 Å². The highest BCUT2D eigenvalue weighted by atomic mass is 16.3. The third-order valence-corrected chi connectivity index (χ3v) is 5.32. The Morgan fingerprint density at radius 1 is 1.31 bits per heavy atom. The number of rotatable bonds is 4. The zero-order chi connectivity index (χ0) is 20.0. The summed E-state index contributed by atoms with van der Waals surface area (Å²) in [5, 5.41) is 6.08. The van der Waals surface area contributed by atoms with Gasteiger partial charge < -0.3 is 9.73 Å². The fourth-order valence-electron chi connectivity index (χ4n) is 3.80. The molecule has 0 aliphatic carbocycles. The van der Waals surface area contributed by atoms with Crippen LogP contribution in [0.5, 0.6) is 0 Å². The number of furan rings is 1. The van der Waals surface area contributed by atoms with Gasteiger partial charge in [0.25, 0.3) is 5.56 Å². The molecule has 0 radical (unpaired) electrons. The van der Waals surface area contributed by atoms with E-state index in [9.17, 15) is 4.79 Å². The van der Waals surface area contributed by atoms with Crippen molar-refractivity contribution in [3.8, 4) is 11.3 Å². The van der Waals surface area contributed by atoms with E-state index in [1.54, 1.807) is 13.3 Å². The molecule has 0 saturated heterocycles. The summed E-state index contributed by atoms with van der Waals surface area (Å²) in [5.74, 6) is 1.39. The Balaban J connectivity index is 1.45. The minimum absolute atomic E-state index is 0.0520. The fraction of sp³-hybridized carbons (Fsp3) is 0.300. The number of fused-ring (bicyclic) bond motifs is 2. The quantitative estimate of drug-likeness (QED) is 0.548. The van der Waals surface area contributed by atoms with Gasteiger partial charge in [0.2, 0.25) is 5.95 Å². The largest absolute Gasteiger partial charge is 0.469 e. The molecule has 1 aliphatic rings. The molecular formula is C20H21N7O2. The predicted octanol–water partition coefficient (Wildman–Crippen LogP) is 1.98. The summed E-state index contributed by atoms with van der Waals surface area (Å²) < 4.78 is 6.90. The molecule has 5 rings (SSSR count). The van der Waals surface area contributed by atoms with E-state index in [-0.39, 0.29) is 5.56 Å². The molecule has 0 spiro atoms. The molecule has 0 fully saturated rings. The number of aryl methyl sites for hydroxylation is 1. The summed E-state index contributed by atoms with van der Waals surface area (Å²) >= 11 is 0. The second-order valence-electron chi connectivity index (χ2n) is 7.22. The molecule has 0 unspecified atom stereocenters. The van der Waals surface area contributed by atoms with Crippen LogP contribution in [0.2, 0.25) is 0 Å². The Morgan fingerprint density at radius 2 is 2.14 bits per heavy atom. The highest BCUT2D eigenvalue weighted by molar-refractivity contribution is 5.65. The zero-order valence-corrected chi connectivity index (χ0v) is 16.3. The minimum atomic E-state index is -0.0520. The van der Waals surface area contributed by atoms with Gasteiger partial charge in [-0.05, 0) is 13.0 Å². The van der Waals surface area contributed by atoms with Crippen LogP contribution in [0.3, 0.4) is 0 Å². The fourth-order valence-corrected chi connectivity index (χ4v) is 3.80. The van der Waals surface area contributed by atoms with Crippen molar-refractivity contribution in [3.05, 3.63) is 63.7 Å². The van der Waals surface area contributed by atoms with Gasteiger partial charge in [0.05, 0.1) is 23.2 Å². The molecule has 5 heterocycles. The van der Waals surface area contributed by atoms with Crippen molar-refractivity contribution >= 4 is 11.6 Å². The number of H-pyrrole nitrogens is 1. The van der Waals surface area contributed by atoms with E-state index in [2.05, 4.69) is 25.3 Å². The third kappa shape index (κ3) is 3.09. The lowest BCUT2D eigenvalue weighted by Gasteiger charge is -2.27. The van der Waals surface area contributed by atoms with Gasteiger partial charge in [0.15, 0.2) is 5.65 Å². The molecule has 0 amide bonds. The average Bonchev–Trinajstić information content (AvgIpc) is 3.35. The van der Waals surface area contributed by atoms with Crippen LogP contribution in [0.4, 0.5) is 5.95 Å². The molecular weight excluding hydrogens is 370 g/mol. The summed E-state index contributed by atoms with van der Waals surface area (Å²) in [5.41, 5.74) is 4.96. The molecule has 0 saturated carbocycles. The van der Waals surface area contributed by atoms with Gasteiger partial charge in [-0.1, -0.05) is 0 Å². The van der Waals surface area contributed by atoms with E-state index < -0.39 is 0 Å². The van der Waals surface area contributed by atoms with Crippen molar-refractivity contribution in [3.63, 3.8) is 0 Å². The van der Waals surface area contributed by atoms with E-state index in [0.29, 0.717) is 24.7 Å². The first-order valence-corrected chi connectivity index (χ1v) is 9.51. The van der Waals surface area contributed by atoms with E-state index in [0.717, 1.165) is 46.8 Å². The lowest BCUT2D eigenvalue weighted by Crippen LogP contribution is -2.36. The second kappa shape index (κ2) is 6.85. The van der Waals surface area contributed by atoms with Gasteiger partial charge in [0.1, 0.15) is 5.76 Å². The number of hydrogen-bond acceptors (Lipinski definition) is 7. The van der Waals surface area contributed by atoms with Crippen molar-refractivity contribution in [1.29, 1.82) is 0 Å². The van der Waals surface area contributed by atoms with Gasteiger partial charge >= 0.3 is 0 Å². The van der Waals surface area contributed by atoms with E-state index >= 15 is 0 Å². The zero-order valence-electron chi connectivity index (χ0n) is 16.3. The number of hydrogen-bond donors (Lipinski definition) is 2. The molecule has 4 aromatic rings. The minimum Gasteiger partial charge on any atom is -0.469 e. The van der Waals surface area contributed by atoms with Crippen molar-refractivity contribution in [2.24, 2.45) is 0 Å². The lowest BCUT2D eigenvalue weighted by atomic mass is 10.1. The maximum absolute atomic E-state index is 13.1. The standard InChI is InChI=1S/C20H21N7O2/c1-12-14(4-6-29-12)17-7-18-24-16-3-5-26(11-15(16)19(28)27(18)25-17)10-13-8-22-20(21-2)23-9-13/h4,6-9,25H,3,5,10-11H2,1-2H3,(H,21,22,23). The molecule has 4 aromatic heterocycles. The Bertz CT molecular complexity index is 1240. The maximum atomic E-state index is 13.1. The summed E-state index contributed by atoms with van der Waals surface area (Å²) in [6, 6.07) is 3.78. The summed E-state index contributed by atoms with van der Waals surface area (Å²) in [6.45, 7) is 3.97. The van der Waals surface area contributed by atoms with Crippen molar-refractivity contribution in [1.82, 2.24) is 29.5 Å². The molecule has 1 aliphatic heterocycles. The van der Waals surface area contributed by atoms with Crippen LogP contribution < -0.4 is 10.9 Å². The van der Waals surface area contributed by atoms with Crippen molar-refractivity contribution in [2.75, 3.05) is 18.9 Å². The van der Waals surface area contributed by atoms with Gasteiger partial charge in [0, 0.05) is 62.7 Å². The van der Waals surface area contributed by atoms with Crippen LogP contribution in [0.25, 0.3) is 16.9 Å². The first-order chi connectivity index (χ1) is 14.1. The number of nitrogens with one attached hydrogen (secondary N) is 2. The molecule has 9 heteroatoms. The first-order valence-electron chi connectivity index (χ1n) is 9.51. The highest BCUT2D eigenvalue weighted by Crippen LogP contribution is 2.24. The molecule has 148 valence electrons. The topological polar surface area (TPSA) is 104 Å². The number of aromatic nitrogens is 5. The molecule has 0 atom stereocenters. The lowest BCUT2D eigenvalue weighted by molar-refractivity contribution is 0.241.